The molecule has 1 atom stereocenters. The van der Waals surface area contributed by atoms with Gasteiger partial charge in [0.15, 0.2) is 0 Å². The molecule has 0 spiro atoms. The molecule has 21 heavy (non-hydrogen) atoms. The lowest BCUT2D eigenvalue weighted by atomic mass is 10.0. The average Bonchev–Trinajstić information content (AvgIpc) is 2.53. The molecule has 3 N–H and O–H groups in total. The van der Waals surface area contributed by atoms with Gasteiger partial charge in [0, 0.05) is 24.5 Å². The molecular formula is C16H20ClN3O. The quantitative estimate of drug-likeness (QED) is 0.892. The van der Waals surface area contributed by atoms with E-state index in [2.05, 4.69) is 10.3 Å². The van der Waals surface area contributed by atoms with Crippen LogP contribution in [0.2, 0.25) is 0 Å². The van der Waals surface area contributed by atoms with Crippen molar-refractivity contribution in [3.05, 3.63) is 65.5 Å². The van der Waals surface area contributed by atoms with Gasteiger partial charge in [-0.3, -0.25) is 9.78 Å². The topological polar surface area (TPSA) is 68.0 Å². The number of hydrogen-bond donors (Lipinski definition) is 2. The van der Waals surface area contributed by atoms with Crippen LogP contribution in [-0.2, 0) is 6.54 Å². The summed E-state index contributed by atoms with van der Waals surface area (Å²) < 4.78 is 0. The number of pyridine rings is 1. The summed E-state index contributed by atoms with van der Waals surface area (Å²) in [5.41, 5.74) is 8.28. The maximum Gasteiger partial charge on any atom is 0.251 e. The fraction of sp³-hybridized carbons (Fsp3) is 0.250. The highest BCUT2D eigenvalue weighted by molar-refractivity contribution is 5.94. The molecule has 0 saturated heterocycles. The fourth-order valence-electron chi connectivity index (χ4n) is 2.05. The van der Waals surface area contributed by atoms with E-state index in [1.807, 2.05) is 31.2 Å². The largest absolute Gasteiger partial charge is 0.345 e. The van der Waals surface area contributed by atoms with Gasteiger partial charge < -0.3 is 11.1 Å². The second kappa shape index (κ2) is 8.39. The Morgan fingerprint density at radius 3 is 2.33 bits per heavy atom. The molecule has 0 saturated carbocycles. The van der Waals surface area contributed by atoms with Gasteiger partial charge in [-0.1, -0.05) is 19.1 Å². The minimum absolute atomic E-state index is 0. The zero-order chi connectivity index (χ0) is 14.4. The number of rotatable bonds is 5. The maximum atomic E-state index is 12.2. The van der Waals surface area contributed by atoms with E-state index in [4.69, 9.17) is 5.73 Å². The Hall–Kier alpha value is -1.91. The van der Waals surface area contributed by atoms with E-state index in [1.54, 1.807) is 24.5 Å². The van der Waals surface area contributed by atoms with Gasteiger partial charge in [0.05, 0.1) is 6.04 Å². The highest BCUT2D eigenvalue weighted by atomic mass is 35.5. The monoisotopic (exact) mass is 305 g/mol. The first-order chi connectivity index (χ1) is 9.74. The molecule has 0 aliphatic heterocycles. The molecule has 1 heterocycles. The van der Waals surface area contributed by atoms with Crippen LogP contribution in [0.15, 0.2) is 48.8 Å². The lowest BCUT2D eigenvalue weighted by Gasteiger charge is -2.17. The molecule has 1 unspecified atom stereocenters. The van der Waals surface area contributed by atoms with E-state index >= 15 is 0 Å². The Morgan fingerprint density at radius 1 is 1.19 bits per heavy atom. The number of nitrogens with zero attached hydrogens (tertiary/aromatic N) is 1. The van der Waals surface area contributed by atoms with Gasteiger partial charge in [-0.2, -0.15) is 0 Å². The van der Waals surface area contributed by atoms with Crippen molar-refractivity contribution < 1.29 is 4.79 Å². The summed E-state index contributed by atoms with van der Waals surface area (Å²) in [6.07, 6.45) is 4.30. The summed E-state index contributed by atoms with van der Waals surface area (Å²) in [7, 11) is 0. The highest BCUT2D eigenvalue weighted by Crippen LogP contribution is 2.16. The van der Waals surface area contributed by atoms with E-state index in [-0.39, 0.29) is 24.4 Å². The molecule has 112 valence electrons. The molecule has 0 bridgehead atoms. The predicted molar refractivity (Wildman–Crippen MR) is 86.3 cm³/mol. The van der Waals surface area contributed by atoms with Crippen molar-refractivity contribution in [2.45, 2.75) is 25.9 Å². The Morgan fingerprint density at radius 2 is 1.81 bits per heavy atom. The van der Waals surface area contributed by atoms with Gasteiger partial charge >= 0.3 is 0 Å². The van der Waals surface area contributed by atoms with Gasteiger partial charge in [-0.05, 0) is 41.8 Å². The average molecular weight is 306 g/mol. The molecule has 0 radical (unpaired) electrons. The maximum absolute atomic E-state index is 12.2. The molecule has 0 fully saturated rings. The smallest absolute Gasteiger partial charge is 0.251 e. The number of carbonyl (C=O) groups excluding carboxylic acids is 1. The van der Waals surface area contributed by atoms with E-state index in [9.17, 15) is 4.79 Å². The van der Waals surface area contributed by atoms with Gasteiger partial charge in [-0.25, -0.2) is 0 Å². The predicted octanol–water partition coefficient (Wildman–Crippen LogP) is 2.84. The number of hydrogen-bond acceptors (Lipinski definition) is 3. The molecule has 1 amide bonds. The third kappa shape index (κ3) is 4.55. The van der Waals surface area contributed by atoms with Gasteiger partial charge in [-0.15, -0.1) is 12.4 Å². The lowest BCUT2D eigenvalue weighted by Crippen LogP contribution is -2.28. The van der Waals surface area contributed by atoms with Crippen molar-refractivity contribution in [2.75, 3.05) is 0 Å². The zero-order valence-corrected chi connectivity index (χ0v) is 12.8. The van der Waals surface area contributed by atoms with Gasteiger partial charge in [0.2, 0.25) is 0 Å². The summed E-state index contributed by atoms with van der Waals surface area (Å²) in [5.74, 6) is -0.0720. The van der Waals surface area contributed by atoms with Gasteiger partial charge in [0.25, 0.3) is 5.91 Å². The van der Waals surface area contributed by atoms with Crippen molar-refractivity contribution in [3.63, 3.8) is 0 Å². The Bertz CT molecular complexity index is 557. The number of nitrogens with one attached hydrogen (secondary N) is 1. The number of nitrogens with two attached hydrogens (primary N) is 1. The van der Waals surface area contributed by atoms with Crippen LogP contribution in [0.1, 0.15) is 40.9 Å². The first-order valence-corrected chi connectivity index (χ1v) is 6.74. The van der Waals surface area contributed by atoms with Crippen LogP contribution < -0.4 is 11.1 Å². The molecule has 1 aromatic carbocycles. The first-order valence-electron chi connectivity index (χ1n) is 6.74. The second-order valence-electron chi connectivity index (χ2n) is 4.62. The molecule has 5 heteroatoms. The molecule has 2 rings (SSSR count). The minimum Gasteiger partial charge on any atom is -0.345 e. The fourth-order valence-corrected chi connectivity index (χ4v) is 2.05. The van der Waals surface area contributed by atoms with E-state index < -0.39 is 0 Å². The molecule has 4 nitrogen and oxygen atoms in total. The number of halogens is 1. The second-order valence-corrected chi connectivity index (χ2v) is 4.62. The summed E-state index contributed by atoms with van der Waals surface area (Å²) in [6.45, 7) is 2.53. The van der Waals surface area contributed by atoms with E-state index in [0.717, 1.165) is 17.5 Å². The number of benzene rings is 1. The van der Waals surface area contributed by atoms with Crippen LogP contribution in [-0.4, -0.2) is 10.9 Å². The number of aromatic nitrogens is 1. The van der Waals surface area contributed by atoms with Crippen molar-refractivity contribution >= 4 is 18.3 Å². The van der Waals surface area contributed by atoms with Crippen molar-refractivity contribution in [2.24, 2.45) is 5.73 Å². The Labute approximate surface area is 131 Å². The molecule has 1 aromatic heterocycles. The Kier molecular flexibility index (Phi) is 6.85. The summed E-state index contributed by atoms with van der Waals surface area (Å²) in [5, 5.41) is 3.04. The molecular weight excluding hydrogens is 286 g/mol. The first kappa shape index (κ1) is 17.1. The summed E-state index contributed by atoms with van der Waals surface area (Å²) >= 11 is 0. The number of amides is 1. The Balaban J connectivity index is 0.00000220. The van der Waals surface area contributed by atoms with E-state index in [0.29, 0.717) is 12.1 Å². The lowest BCUT2D eigenvalue weighted by molar-refractivity contribution is 0.0935. The van der Waals surface area contributed by atoms with Crippen molar-refractivity contribution in [1.82, 2.24) is 10.3 Å². The van der Waals surface area contributed by atoms with Crippen LogP contribution in [0.5, 0.6) is 0 Å². The number of carbonyl (C=O) groups is 1. The van der Waals surface area contributed by atoms with Crippen LogP contribution in [0.25, 0.3) is 0 Å². The highest BCUT2D eigenvalue weighted by Gasteiger charge is 2.13. The summed E-state index contributed by atoms with van der Waals surface area (Å²) in [4.78, 5) is 16.2. The van der Waals surface area contributed by atoms with Crippen molar-refractivity contribution in [1.29, 1.82) is 0 Å². The summed E-state index contributed by atoms with van der Waals surface area (Å²) in [6, 6.07) is 11.2. The van der Waals surface area contributed by atoms with Crippen LogP contribution >= 0.6 is 12.4 Å². The third-order valence-electron chi connectivity index (χ3n) is 3.27. The molecule has 0 aliphatic rings. The van der Waals surface area contributed by atoms with Crippen LogP contribution in [0, 0.1) is 0 Å². The van der Waals surface area contributed by atoms with Crippen LogP contribution in [0.3, 0.4) is 0 Å². The SMILES string of the molecule is CCC(NC(=O)c1ccc(CN)cc1)c1ccncc1.Cl. The molecule has 0 aliphatic carbocycles. The normalized spacial score (nSPS) is 11.3. The van der Waals surface area contributed by atoms with Crippen LogP contribution in [0.4, 0.5) is 0 Å². The minimum atomic E-state index is -0.0720. The van der Waals surface area contributed by atoms with Gasteiger partial charge in [0.1, 0.15) is 0 Å². The van der Waals surface area contributed by atoms with Crippen molar-refractivity contribution in [3.8, 4) is 0 Å². The third-order valence-corrected chi connectivity index (χ3v) is 3.27. The molecule has 2 aromatic rings. The standard InChI is InChI=1S/C16H19N3O.ClH/c1-2-15(13-7-9-18-10-8-13)19-16(20)14-5-3-12(11-17)4-6-14;/h3-10,15H,2,11,17H2,1H3,(H,19,20);1H. The van der Waals surface area contributed by atoms with E-state index in [1.165, 1.54) is 0 Å². The zero-order valence-electron chi connectivity index (χ0n) is 12.0.